The molecule has 3 aliphatic rings. The van der Waals surface area contributed by atoms with E-state index in [1.54, 1.807) is 0 Å². The van der Waals surface area contributed by atoms with Crippen molar-refractivity contribution >= 4 is 0 Å². The van der Waals surface area contributed by atoms with Crippen LogP contribution in [0.15, 0.2) is 10.9 Å². The van der Waals surface area contributed by atoms with E-state index in [0.717, 1.165) is 6.07 Å². The van der Waals surface area contributed by atoms with E-state index in [1.807, 2.05) is 4.98 Å². The highest BCUT2D eigenvalue weighted by molar-refractivity contribution is 5.51. The Morgan fingerprint density at radius 2 is 2.00 bits per heavy atom. The summed E-state index contributed by atoms with van der Waals surface area (Å²) in [5.74, 6) is -3.03. The van der Waals surface area contributed by atoms with Crippen LogP contribution >= 0.6 is 0 Å². The molecule has 22 heavy (non-hydrogen) atoms. The van der Waals surface area contributed by atoms with Crippen molar-refractivity contribution in [1.29, 1.82) is 0 Å². The first-order valence-corrected chi connectivity index (χ1v) is 6.30. The third-order valence-corrected chi connectivity index (χ3v) is 3.47. The predicted molar refractivity (Wildman–Crippen MR) is 65.9 cm³/mol. The highest BCUT2D eigenvalue weighted by atomic mass is 19.2. The van der Waals surface area contributed by atoms with Gasteiger partial charge in [-0.25, -0.2) is 4.98 Å². The molecule has 1 saturated heterocycles. The molecule has 0 radical (unpaired) electrons. The lowest BCUT2D eigenvalue weighted by Gasteiger charge is -2.15. The highest BCUT2D eigenvalue weighted by Crippen LogP contribution is 2.33. The fourth-order valence-corrected chi connectivity index (χ4v) is 2.35. The Hall–Kier alpha value is -2.01. The lowest BCUT2D eigenvalue weighted by atomic mass is 10.0. The minimum absolute atomic E-state index is 0.147. The number of aromatic nitrogens is 3. The van der Waals surface area contributed by atoms with Gasteiger partial charge in [-0.05, 0) is 6.07 Å². The number of pyridine rings is 1. The van der Waals surface area contributed by atoms with E-state index in [0.29, 0.717) is 0 Å². The van der Waals surface area contributed by atoms with Crippen molar-refractivity contribution in [2.24, 2.45) is 0 Å². The maximum absolute atomic E-state index is 13.1. The van der Waals surface area contributed by atoms with Crippen molar-refractivity contribution in [3.05, 3.63) is 33.9 Å². The summed E-state index contributed by atoms with van der Waals surface area (Å²) in [5.41, 5.74) is -1.18. The van der Waals surface area contributed by atoms with Gasteiger partial charge in [0.05, 0.1) is 12.2 Å². The van der Waals surface area contributed by atoms with Crippen LogP contribution in [-0.4, -0.2) is 55.2 Å². The maximum atomic E-state index is 13.1. The number of nitrogens with one attached hydrogen (secondary N) is 1. The van der Waals surface area contributed by atoms with Gasteiger partial charge in [-0.15, -0.1) is 0 Å². The number of rotatable bonds is 2. The van der Waals surface area contributed by atoms with Gasteiger partial charge in [0.25, 0.3) is 11.5 Å². The molecule has 0 amide bonds. The van der Waals surface area contributed by atoms with Gasteiger partial charge < -0.3 is 25.0 Å². The molecule has 118 valence electrons. The number of aliphatic hydroxyl groups excluding tert-OH is 3. The summed E-state index contributed by atoms with van der Waals surface area (Å²) in [4.78, 5) is 20.7. The van der Waals surface area contributed by atoms with Gasteiger partial charge in [0, 0.05) is 0 Å². The number of nitrogens with zero attached hydrogens (tertiary/aromatic N) is 2. The number of hydrogen-bond donors (Lipinski definition) is 4. The number of halogens is 2. The second-order valence-corrected chi connectivity index (χ2v) is 4.85. The summed E-state index contributed by atoms with van der Waals surface area (Å²) in [7, 11) is 0. The molecule has 3 aliphatic heterocycles. The van der Waals surface area contributed by atoms with Gasteiger partial charge in [0.15, 0.2) is 5.82 Å². The van der Waals surface area contributed by atoms with Crippen LogP contribution in [0.3, 0.4) is 0 Å². The average molecular weight is 315 g/mol. The Morgan fingerprint density at radius 1 is 1.27 bits per heavy atom. The van der Waals surface area contributed by atoms with E-state index < -0.39 is 48.5 Å². The van der Waals surface area contributed by atoms with Crippen LogP contribution in [0, 0.1) is 11.9 Å². The minimum Gasteiger partial charge on any atom is -0.394 e. The van der Waals surface area contributed by atoms with Gasteiger partial charge in [-0.2, -0.15) is 13.8 Å². The molecular formula is C12H11F2N3O5. The zero-order valence-electron chi connectivity index (χ0n) is 10.9. The molecule has 1 fully saturated rings. The molecule has 0 aliphatic carbocycles. The molecule has 4 N–H and O–H groups in total. The zero-order valence-corrected chi connectivity index (χ0v) is 10.9. The lowest BCUT2D eigenvalue weighted by molar-refractivity contribution is -0.0231. The molecule has 10 heteroatoms. The van der Waals surface area contributed by atoms with Crippen LogP contribution in [0.5, 0.6) is 0 Å². The Balaban J connectivity index is 2.09. The second kappa shape index (κ2) is 5.32. The molecule has 0 aromatic carbocycles. The lowest BCUT2D eigenvalue weighted by Crippen LogP contribution is -2.33. The quantitative estimate of drug-likeness (QED) is 0.542. The van der Waals surface area contributed by atoms with Crippen molar-refractivity contribution in [2.45, 2.75) is 24.4 Å². The summed E-state index contributed by atoms with van der Waals surface area (Å²) < 4.78 is 31.4. The van der Waals surface area contributed by atoms with Crippen molar-refractivity contribution in [3.63, 3.8) is 0 Å². The van der Waals surface area contributed by atoms with Crippen LogP contribution in [0.2, 0.25) is 0 Å². The SMILES string of the molecule is O=c1nc2[nH]c(F)c(F)nc-2cc1[C@@H]1O[C@H](CO)[C@H](O)C1O. The first-order chi connectivity index (χ1) is 10.4. The van der Waals surface area contributed by atoms with Crippen LogP contribution in [0.4, 0.5) is 8.78 Å². The van der Waals surface area contributed by atoms with Crippen LogP contribution in [0.25, 0.3) is 11.5 Å². The van der Waals surface area contributed by atoms with Crippen molar-refractivity contribution < 1.29 is 28.8 Å². The Kier molecular flexibility index (Phi) is 3.60. The third-order valence-electron chi connectivity index (χ3n) is 3.47. The second-order valence-electron chi connectivity index (χ2n) is 4.85. The molecule has 3 rings (SSSR count). The Morgan fingerprint density at radius 3 is 2.64 bits per heavy atom. The number of H-pyrrole nitrogens is 1. The molecule has 0 aromatic heterocycles. The first kappa shape index (κ1) is 14.9. The van der Waals surface area contributed by atoms with Crippen molar-refractivity contribution in [3.8, 4) is 11.5 Å². The number of hydrogen-bond acceptors (Lipinski definition) is 7. The number of fused-ring (bicyclic) bond motifs is 1. The normalized spacial score (nSPS) is 28.4. The fraction of sp³-hybridized carbons (Fsp3) is 0.417. The molecule has 3 heterocycles. The number of aliphatic hydroxyl groups is 3. The minimum atomic E-state index is -1.47. The van der Waals surface area contributed by atoms with Gasteiger partial charge in [-0.3, -0.25) is 4.79 Å². The smallest absolute Gasteiger partial charge is 0.277 e. The molecule has 8 nitrogen and oxygen atoms in total. The third kappa shape index (κ3) is 2.25. The molecule has 4 atom stereocenters. The summed E-state index contributed by atoms with van der Waals surface area (Å²) >= 11 is 0. The summed E-state index contributed by atoms with van der Waals surface area (Å²) in [5, 5.41) is 28.6. The summed E-state index contributed by atoms with van der Waals surface area (Å²) in [6.45, 7) is -0.560. The van der Waals surface area contributed by atoms with Crippen molar-refractivity contribution in [1.82, 2.24) is 15.0 Å². The number of ether oxygens (including phenoxy) is 1. The van der Waals surface area contributed by atoms with E-state index in [9.17, 15) is 23.8 Å². The van der Waals surface area contributed by atoms with E-state index in [2.05, 4.69) is 9.97 Å². The maximum Gasteiger partial charge on any atom is 0.277 e. The van der Waals surface area contributed by atoms with Crippen LogP contribution in [0.1, 0.15) is 11.7 Å². The topological polar surface area (TPSA) is 129 Å². The van der Waals surface area contributed by atoms with Crippen LogP contribution < -0.4 is 5.56 Å². The van der Waals surface area contributed by atoms with Gasteiger partial charge in [0.1, 0.15) is 30.1 Å². The van der Waals surface area contributed by atoms with E-state index in [1.165, 1.54) is 0 Å². The van der Waals surface area contributed by atoms with E-state index >= 15 is 0 Å². The largest absolute Gasteiger partial charge is 0.394 e. The van der Waals surface area contributed by atoms with E-state index in [4.69, 9.17) is 9.84 Å². The molecule has 0 aromatic rings. The first-order valence-electron chi connectivity index (χ1n) is 6.30. The Bertz CT molecular complexity index is 739. The molecular weight excluding hydrogens is 304 g/mol. The molecule has 0 bridgehead atoms. The van der Waals surface area contributed by atoms with Crippen molar-refractivity contribution in [2.75, 3.05) is 6.61 Å². The van der Waals surface area contributed by atoms with Gasteiger partial charge in [0.2, 0.25) is 5.95 Å². The Labute approximate surface area is 121 Å². The predicted octanol–water partition coefficient (Wildman–Crippen LogP) is -1.30. The molecule has 0 spiro atoms. The monoisotopic (exact) mass is 315 g/mol. The zero-order chi connectivity index (χ0) is 16.0. The summed E-state index contributed by atoms with van der Waals surface area (Å²) in [6, 6.07) is 1.09. The number of aromatic amines is 1. The summed E-state index contributed by atoms with van der Waals surface area (Å²) in [6.07, 6.45) is -5.20. The average Bonchev–Trinajstić information content (AvgIpc) is 2.76. The molecule has 0 saturated carbocycles. The molecule has 1 unspecified atom stereocenters. The fourth-order valence-electron chi connectivity index (χ4n) is 2.35. The van der Waals surface area contributed by atoms with Gasteiger partial charge in [-0.1, -0.05) is 0 Å². The van der Waals surface area contributed by atoms with Crippen LogP contribution in [-0.2, 0) is 4.74 Å². The highest BCUT2D eigenvalue weighted by Gasteiger charge is 2.44. The standard InChI is InChI=1S/C12H11F2N3O5/c13-9-10(14)16-11-4(15-9)1-3(12(21)17-11)8-7(20)6(19)5(2-18)22-8/h1,5-8,18-20H,2H2,(H,16,17,21)/t5-,6+,7?,8+/m1/s1. The van der Waals surface area contributed by atoms with Gasteiger partial charge >= 0.3 is 0 Å². The van der Waals surface area contributed by atoms with E-state index in [-0.39, 0.29) is 17.1 Å².